The highest BCUT2D eigenvalue weighted by Gasteiger charge is 2.30. The fourth-order valence-electron chi connectivity index (χ4n) is 5.96. The van der Waals surface area contributed by atoms with Crippen molar-refractivity contribution in [3.63, 3.8) is 0 Å². The van der Waals surface area contributed by atoms with E-state index >= 15 is 0 Å². The highest BCUT2D eigenvalue weighted by atomic mass is 16.7. The number of benzene rings is 5. The van der Waals surface area contributed by atoms with Crippen LogP contribution in [0.1, 0.15) is 51.4 Å². The van der Waals surface area contributed by atoms with E-state index in [4.69, 9.17) is 18.9 Å². The van der Waals surface area contributed by atoms with Gasteiger partial charge >= 0.3 is 0 Å². The highest BCUT2D eigenvalue weighted by molar-refractivity contribution is 6.09. The van der Waals surface area contributed by atoms with Crippen LogP contribution in [0, 0.1) is 10.8 Å². The maximum atomic E-state index is 6.00. The Kier molecular flexibility index (Phi) is 6.91. The first-order chi connectivity index (χ1) is 20.2. The lowest BCUT2D eigenvalue weighted by atomic mass is 9.91. The summed E-state index contributed by atoms with van der Waals surface area (Å²) in [6.45, 7) is 11.5. The summed E-state index contributed by atoms with van der Waals surface area (Å²) in [5, 5.41) is 4.93. The zero-order chi connectivity index (χ0) is 28.9. The van der Waals surface area contributed by atoms with Crippen LogP contribution in [0.5, 0.6) is 0 Å². The maximum absolute atomic E-state index is 6.00. The molecule has 0 atom stereocenters. The number of hydrogen-bond donors (Lipinski definition) is 0. The summed E-state index contributed by atoms with van der Waals surface area (Å²) in [7, 11) is 0. The van der Waals surface area contributed by atoms with E-state index in [9.17, 15) is 0 Å². The van der Waals surface area contributed by atoms with Gasteiger partial charge in [-0.15, -0.1) is 0 Å². The highest BCUT2D eigenvalue weighted by Crippen LogP contribution is 2.38. The van der Waals surface area contributed by atoms with Crippen molar-refractivity contribution in [3.8, 4) is 22.3 Å². The SMILES string of the molecule is CC1(C)COC(c2ccc(-c3cccc4cc5c(-c6ccc(C7OCC(C)(C)CO7)cc6)cccc5cc34)cc2)OC1. The predicted octanol–water partition coefficient (Wildman–Crippen LogP) is 9.47. The van der Waals surface area contributed by atoms with E-state index in [1.807, 2.05) is 0 Å². The van der Waals surface area contributed by atoms with Gasteiger partial charge in [-0.1, -0.05) is 113 Å². The molecule has 4 heteroatoms. The number of fused-ring (bicyclic) bond motifs is 2. The second-order valence-corrected chi connectivity index (χ2v) is 13.4. The summed E-state index contributed by atoms with van der Waals surface area (Å²) in [5.74, 6) is 0. The molecule has 0 N–H and O–H groups in total. The second kappa shape index (κ2) is 10.6. The van der Waals surface area contributed by atoms with Crippen molar-refractivity contribution < 1.29 is 18.9 Å². The van der Waals surface area contributed by atoms with Gasteiger partial charge in [-0.25, -0.2) is 0 Å². The zero-order valence-electron chi connectivity index (χ0n) is 24.9. The van der Waals surface area contributed by atoms with Crippen LogP contribution in [-0.2, 0) is 18.9 Å². The van der Waals surface area contributed by atoms with E-state index in [2.05, 4.69) is 125 Å². The van der Waals surface area contributed by atoms with Gasteiger partial charge in [0, 0.05) is 22.0 Å². The molecule has 0 saturated carbocycles. The normalized spacial score (nSPS) is 19.3. The molecule has 2 aliphatic rings. The van der Waals surface area contributed by atoms with Crippen molar-refractivity contribution in [2.75, 3.05) is 26.4 Å². The molecule has 5 aromatic rings. The van der Waals surface area contributed by atoms with Crippen LogP contribution in [0.25, 0.3) is 43.8 Å². The van der Waals surface area contributed by atoms with Gasteiger partial charge in [0.1, 0.15) is 0 Å². The standard InChI is InChI=1S/C38H38O4/c1-37(2)21-39-35(40-22-37)27-15-11-25(12-16-27)31-9-5-7-29-20-34-30(19-33(29)31)8-6-10-32(34)26-13-17-28(18-14-26)36-41-23-38(3,4)24-42-36/h5-20,35-36H,21-24H2,1-4H3. The fraction of sp³-hybridized carbons (Fsp3) is 0.316. The molecule has 0 unspecified atom stereocenters. The molecule has 2 saturated heterocycles. The Hall–Kier alpha value is -3.54. The van der Waals surface area contributed by atoms with Gasteiger partial charge in [-0.2, -0.15) is 0 Å². The number of ether oxygens (including phenoxy) is 4. The minimum absolute atomic E-state index is 0.0575. The fourth-order valence-corrected chi connectivity index (χ4v) is 5.96. The molecule has 0 aliphatic carbocycles. The summed E-state index contributed by atoms with van der Waals surface area (Å²) in [4.78, 5) is 0. The Morgan fingerprint density at radius 3 is 1.19 bits per heavy atom. The summed E-state index contributed by atoms with van der Waals surface area (Å²) in [5.41, 5.74) is 7.03. The van der Waals surface area contributed by atoms with E-state index < -0.39 is 0 Å². The molecule has 2 fully saturated rings. The molecule has 42 heavy (non-hydrogen) atoms. The molecule has 2 heterocycles. The molecule has 0 radical (unpaired) electrons. The molecule has 5 aromatic carbocycles. The monoisotopic (exact) mass is 558 g/mol. The van der Waals surface area contributed by atoms with Crippen LogP contribution in [0.15, 0.2) is 97.1 Å². The Bertz CT molecular complexity index is 1580. The van der Waals surface area contributed by atoms with Gasteiger partial charge < -0.3 is 18.9 Å². The Morgan fingerprint density at radius 1 is 0.476 bits per heavy atom. The van der Waals surface area contributed by atoms with Crippen LogP contribution in [0.3, 0.4) is 0 Å². The lowest BCUT2D eigenvalue weighted by Gasteiger charge is -2.34. The van der Waals surface area contributed by atoms with E-state index in [1.54, 1.807) is 0 Å². The summed E-state index contributed by atoms with van der Waals surface area (Å²) >= 11 is 0. The lowest BCUT2D eigenvalue weighted by Crippen LogP contribution is -2.33. The van der Waals surface area contributed by atoms with Gasteiger partial charge in [-0.05, 0) is 55.9 Å². The largest absolute Gasteiger partial charge is 0.348 e. The molecule has 4 nitrogen and oxygen atoms in total. The molecule has 0 spiro atoms. The van der Waals surface area contributed by atoms with Gasteiger partial charge in [0.25, 0.3) is 0 Å². The van der Waals surface area contributed by atoms with Crippen LogP contribution in [0.4, 0.5) is 0 Å². The van der Waals surface area contributed by atoms with Crippen molar-refractivity contribution in [3.05, 3.63) is 108 Å². The van der Waals surface area contributed by atoms with Gasteiger partial charge in [0.2, 0.25) is 0 Å². The third kappa shape index (κ3) is 5.36. The zero-order valence-corrected chi connectivity index (χ0v) is 24.9. The smallest absolute Gasteiger partial charge is 0.183 e. The van der Waals surface area contributed by atoms with Gasteiger partial charge in [0.15, 0.2) is 12.6 Å². The predicted molar refractivity (Wildman–Crippen MR) is 169 cm³/mol. The van der Waals surface area contributed by atoms with E-state index in [1.165, 1.54) is 43.8 Å². The summed E-state index contributed by atoms with van der Waals surface area (Å²) < 4.78 is 24.0. The third-order valence-electron chi connectivity index (χ3n) is 8.37. The molecule has 0 bridgehead atoms. The molecular weight excluding hydrogens is 520 g/mol. The second-order valence-electron chi connectivity index (χ2n) is 13.4. The number of hydrogen-bond acceptors (Lipinski definition) is 4. The quantitative estimate of drug-likeness (QED) is 0.206. The van der Waals surface area contributed by atoms with Crippen molar-refractivity contribution in [2.45, 2.75) is 40.3 Å². The first kappa shape index (κ1) is 27.3. The van der Waals surface area contributed by atoms with Crippen molar-refractivity contribution in [1.82, 2.24) is 0 Å². The molecule has 0 amide bonds. The Labute approximate surface area is 248 Å². The van der Waals surface area contributed by atoms with E-state index in [-0.39, 0.29) is 23.4 Å². The first-order valence-electron chi connectivity index (χ1n) is 14.9. The molecule has 7 rings (SSSR count). The lowest BCUT2D eigenvalue weighted by molar-refractivity contribution is -0.226. The van der Waals surface area contributed by atoms with Gasteiger partial charge in [0.05, 0.1) is 26.4 Å². The average molecular weight is 559 g/mol. The van der Waals surface area contributed by atoms with Gasteiger partial charge in [-0.3, -0.25) is 0 Å². The molecular formula is C38H38O4. The van der Waals surface area contributed by atoms with E-state index in [0.717, 1.165) is 11.1 Å². The molecule has 2 aliphatic heterocycles. The minimum Gasteiger partial charge on any atom is -0.348 e. The Morgan fingerprint density at radius 2 is 0.833 bits per heavy atom. The van der Waals surface area contributed by atoms with Crippen molar-refractivity contribution in [1.29, 1.82) is 0 Å². The first-order valence-corrected chi connectivity index (χ1v) is 14.9. The Balaban J connectivity index is 1.18. The third-order valence-corrected chi connectivity index (χ3v) is 8.37. The van der Waals surface area contributed by atoms with Crippen LogP contribution < -0.4 is 0 Å². The van der Waals surface area contributed by atoms with Crippen molar-refractivity contribution in [2.24, 2.45) is 10.8 Å². The minimum atomic E-state index is -0.300. The topological polar surface area (TPSA) is 36.9 Å². The van der Waals surface area contributed by atoms with Crippen LogP contribution in [-0.4, -0.2) is 26.4 Å². The van der Waals surface area contributed by atoms with Crippen molar-refractivity contribution >= 4 is 21.5 Å². The summed E-state index contributed by atoms with van der Waals surface area (Å²) in [6.07, 6.45) is -0.600. The average Bonchev–Trinajstić information content (AvgIpc) is 3.00. The maximum Gasteiger partial charge on any atom is 0.183 e. The summed E-state index contributed by atoms with van der Waals surface area (Å²) in [6, 6.07) is 35.0. The van der Waals surface area contributed by atoms with Crippen LogP contribution in [0.2, 0.25) is 0 Å². The van der Waals surface area contributed by atoms with Crippen LogP contribution >= 0.6 is 0 Å². The molecule has 214 valence electrons. The molecule has 0 aromatic heterocycles. The van der Waals surface area contributed by atoms with E-state index in [0.29, 0.717) is 26.4 Å². The number of rotatable bonds is 4.